The first kappa shape index (κ1) is 19.3. The Labute approximate surface area is 192 Å². The molecule has 33 heavy (non-hydrogen) atoms. The van der Waals surface area contributed by atoms with Gasteiger partial charge in [0, 0.05) is 11.1 Å². The fourth-order valence-electron chi connectivity index (χ4n) is 4.60. The van der Waals surface area contributed by atoms with Gasteiger partial charge < -0.3 is 0 Å². The molecule has 0 aliphatic heterocycles. The number of benzene rings is 5. The van der Waals surface area contributed by atoms with Gasteiger partial charge in [-0.25, -0.2) is 15.0 Å². The summed E-state index contributed by atoms with van der Waals surface area (Å²) in [7, 11) is 0. The Morgan fingerprint density at radius 1 is 0.394 bits per heavy atom. The van der Waals surface area contributed by atoms with Crippen LogP contribution in [-0.2, 0) is 0 Å². The molecule has 1 heterocycles. The summed E-state index contributed by atoms with van der Waals surface area (Å²) in [6, 6.07) is 37.8. The largest absolute Gasteiger partial charge is 0.213 e. The van der Waals surface area contributed by atoms with Crippen molar-refractivity contribution in [3.8, 4) is 33.9 Å². The summed E-state index contributed by atoms with van der Waals surface area (Å²) in [6.07, 6.45) is 0. The molecule has 0 saturated heterocycles. The number of hydrogen-bond donors (Lipinski definition) is 0. The van der Waals surface area contributed by atoms with Crippen LogP contribution in [0.25, 0.3) is 55.4 Å². The van der Waals surface area contributed by atoms with Gasteiger partial charge in [0.05, 0.1) is 0 Å². The fraction of sp³-hybridized carbons (Fsp3) is 0.0333. The van der Waals surface area contributed by atoms with Crippen LogP contribution in [0, 0.1) is 6.92 Å². The second-order valence-corrected chi connectivity index (χ2v) is 8.10. The first-order valence-electron chi connectivity index (χ1n) is 11.1. The molecule has 6 aromatic rings. The van der Waals surface area contributed by atoms with Crippen LogP contribution in [0.3, 0.4) is 0 Å². The third-order valence-electron chi connectivity index (χ3n) is 6.00. The molecule has 156 valence electrons. The van der Waals surface area contributed by atoms with Crippen LogP contribution in [0.4, 0.5) is 0 Å². The van der Waals surface area contributed by atoms with Gasteiger partial charge >= 0.3 is 0 Å². The number of fused-ring (bicyclic) bond motifs is 2. The van der Waals surface area contributed by atoms with E-state index in [4.69, 9.17) is 9.97 Å². The van der Waals surface area contributed by atoms with Crippen LogP contribution < -0.4 is 0 Å². The quantitative estimate of drug-likeness (QED) is 0.277. The van der Waals surface area contributed by atoms with Gasteiger partial charge in [0.2, 0.25) is 0 Å². The van der Waals surface area contributed by atoms with Gasteiger partial charge in [-0.15, -0.1) is 0 Å². The minimum atomic E-state index is 0.693. The summed E-state index contributed by atoms with van der Waals surface area (Å²) >= 11 is 0. The normalized spacial score (nSPS) is 11.2. The minimum Gasteiger partial charge on any atom is -0.213 e. The average Bonchev–Trinajstić information content (AvgIpc) is 2.88. The lowest BCUT2D eigenvalue weighted by Crippen LogP contribution is -2.01. The van der Waals surface area contributed by atoms with E-state index in [1.54, 1.807) is 0 Å². The summed E-state index contributed by atoms with van der Waals surface area (Å²) in [6.45, 7) is 1.93. The van der Waals surface area contributed by atoms with Crippen molar-refractivity contribution >= 4 is 21.5 Å². The first-order valence-corrected chi connectivity index (χ1v) is 11.1. The monoisotopic (exact) mass is 423 g/mol. The lowest BCUT2D eigenvalue weighted by Gasteiger charge is -2.17. The van der Waals surface area contributed by atoms with Gasteiger partial charge in [0.1, 0.15) is 5.82 Å². The first-order chi connectivity index (χ1) is 16.3. The highest BCUT2D eigenvalue weighted by atomic mass is 15.0. The van der Waals surface area contributed by atoms with Gasteiger partial charge in [-0.2, -0.15) is 0 Å². The highest BCUT2D eigenvalue weighted by molar-refractivity contribution is 6.20. The minimum absolute atomic E-state index is 0.693. The van der Waals surface area contributed by atoms with Crippen molar-refractivity contribution in [1.82, 2.24) is 15.0 Å². The Kier molecular flexibility index (Phi) is 4.66. The maximum Gasteiger partial charge on any atom is 0.164 e. The topological polar surface area (TPSA) is 38.7 Å². The molecule has 6 rings (SSSR count). The fourth-order valence-corrected chi connectivity index (χ4v) is 4.60. The molecule has 5 aromatic carbocycles. The third-order valence-corrected chi connectivity index (χ3v) is 6.00. The van der Waals surface area contributed by atoms with E-state index >= 15 is 0 Å². The number of aromatic nitrogens is 3. The van der Waals surface area contributed by atoms with E-state index in [1.807, 2.05) is 37.3 Å². The van der Waals surface area contributed by atoms with Crippen molar-refractivity contribution in [2.24, 2.45) is 0 Å². The lowest BCUT2D eigenvalue weighted by molar-refractivity contribution is 0.994. The van der Waals surface area contributed by atoms with Gasteiger partial charge in [-0.3, -0.25) is 0 Å². The summed E-state index contributed by atoms with van der Waals surface area (Å²) < 4.78 is 0. The maximum atomic E-state index is 4.95. The van der Waals surface area contributed by atoms with E-state index in [9.17, 15) is 0 Å². The van der Waals surface area contributed by atoms with Gasteiger partial charge in [-0.1, -0.05) is 109 Å². The SMILES string of the molecule is Cc1nc(-c2ccccc2)nc(-c2c3ccccc3c(-c3ccccc3)c3ccccc23)n1. The Morgan fingerprint density at radius 2 is 0.818 bits per heavy atom. The summed E-state index contributed by atoms with van der Waals surface area (Å²) in [5.74, 6) is 2.10. The van der Waals surface area contributed by atoms with Crippen molar-refractivity contribution < 1.29 is 0 Å². The van der Waals surface area contributed by atoms with Crippen molar-refractivity contribution in [2.75, 3.05) is 0 Å². The van der Waals surface area contributed by atoms with Crippen LogP contribution >= 0.6 is 0 Å². The number of aryl methyl sites for hydroxylation is 1. The van der Waals surface area contributed by atoms with E-state index in [1.165, 1.54) is 21.9 Å². The summed E-state index contributed by atoms with van der Waals surface area (Å²) in [4.78, 5) is 14.4. The Hall–Kier alpha value is -4.37. The molecule has 0 aliphatic carbocycles. The van der Waals surface area contributed by atoms with Gasteiger partial charge in [-0.05, 0) is 39.6 Å². The van der Waals surface area contributed by atoms with Crippen LogP contribution in [-0.4, -0.2) is 15.0 Å². The molecule has 0 atom stereocenters. The highest BCUT2D eigenvalue weighted by Crippen LogP contribution is 2.42. The van der Waals surface area contributed by atoms with E-state index in [0.717, 1.165) is 21.9 Å². The number of rotatable bonds is 3. The Morgan fingerprint density at radius 3 is 1.36 bits per heavy atom. The van der Waals surface area contributed by atoms with Crippen molar-refractivity contribution in [3.63, 3.8) is 0 Å². The Bertz CT molecular complexity index is 1550. The third kappa shape index (κ3) is 3.35. The van der Waals surface area contributed by atoms with Gasteiger partial charge in [0.25, 0.3) is 0 Å². The zero-order valence-electron chi connectivity index (χ0n) is 18.2. The zero-order valence-corrected chi connectivity index (χ0v) is 18.2. The molecule has 3 heteroatoms. The molecule has 0 aliphatic rings. The molecule has 3 nitrogen and oxygen atoms in total. The van der Waals surface area contributed by atoms with E-state index < -0.39 is 0 Å². The van der Waals surface area contributed by atoms with Crippen LogP contribution in [0.15, 0.2) is 109 Å². The van der Waals surface area contributed by atoms with E-state index in [2.05, 4.69) is 83.8 Å². The summed E-state index contributed by atoms with van der Waals surface area (Å²) in [5, 5.41) is 4.66. The molecule has 0 bridgehead atoms. The van der Waals surface area contributed by atoms with Crippen molar-refractivity contribution in [3.05, 3.63) is 115 Å². The predicted molar refractivity (Wildman–Crippen MR) is 136 cm³/mol. The standard InChI is InChI=1S/C30H21N3/c1-20-31-29(22-14-6-3-7-15-22)33-30(32-20)28-25-18-10-8-16-23(25)27(21-12-4-2-5-13-21)24-17-9-11-19-26(24)28/h2-19H,1H3. The molecule has 0 amide bonds. The molecule has 0 fully saturated rings. The van der Waals surface area contributed by atoms with E-state index in [0.29, 0.717) is 17.5 Å². The molecule has 0 spiro atoms. The predicted octanol–water partition coefficient (Wildman–Crippen LogP) is 7.49. The average molecular weight is 424 g/mol. The van der Waals surface area contributed by atoms with Crippen LogP contribution in [0.5, 0.6) is 0 Å². The lowest BCUT2D eigenvalue weighted by atomic mass is 9.88. The van der Waals surface area contributed by atoms with Gasteiger partial charge in [0.15, 0.2) is 11.6 Å². The molecule has 0 radical (unpaired) electrons. The maximum absolute atomic E-state index is 4.95. The molecular formula is C30H21N3. The molecule has 0 saturated carbocycles. The smallest absolute Gasteiger partial charge is 0.164 e. The molecule has 1 aromatic heterocycles. The van der Waals surface area contributed by atoms with Crippen LogP contribution in [0.1, 0.15) is 5.82 Å². The number of nitrogens with zero attached hydrogens (tertiary/aromatic N) is 3. The molecule has 0 unspecified atom stereocenters. The number of hydrogen-bond acceptors (Lipinski definition) is 3. The van der Waals surface area contributed by atoms with E-state index in [-0.39, 0.29) is 0 Å². The van der Waals surface area contributed by atoms with Crippen LogP contribution in [0.2, 0.25) is 0 Å². The second-order valence-electron chi connectivity index (χ2n) is 8.10. The Balaban J connectivity index is 1.73. The second kappa shape index (κ2) is 7.95. The molecular weight excluding hydrogens is 402 g/mol. The molecule has 0 N–H and O–H groups in total. The van der Waals surface area contributed by atoms with Crippen molar-refractivity contribution in [2.45, 2.75) is 6.92 Å². The highest BCUT2D eigenvalue weighted by Gasteiger charge is 2.19. The zero-order chi connectivity index (χ0) is 22.2. The summed E-state index contributed by atoms with van der Waals surface area (Å²) in [5.41, 5.74) is 4.47. The van der Waals surface area contributed by atoms with Crippen molar-refractivity contribution in [1.29, 1.82) is 0 Å².